The number of nitrogens with zero attached hydrogens (tertiary/aromatic N) is 2. The van der Waals surface area contributed by atoms with Crippen molar-refractivity contribution in [2.24, 2.45) is 0 Å². The second kappa shape index (κ2) is 8.08. The number of hydrogen-bond acceptors (Lipinski definition) is 4. The molecule has 1 N–H and O–H groups in total. The highest BCUT2D eigenvalue weighted by molar-refractivity contribution is 9.10. The third kappa shape index (κ3) is 3.69. The average Bonchev–Trinajstić information content (AvgIpc) is 2.76. The predicted molar refractivity (Wildman–Crippen MR) is 116 cm³/mol. The molecule has 1 amide bonds. The van der Waals surface area contributed by atoms with Crippen molar-refractivity contribution in [1.29, 1.82) is 0 Å². The van der Waals surface area contributed by atoms with Crippen molar-refractivity contribution in [2.75, 3.05) is 12.5 Å². The van der Waals surface area contributed by atoms with Gasteiger partial charge in [0.1, 0.15) is 11.6 Å². The van der Waals surface area contributed by atoms with Crippen molar-refractivity contribution in [1.82, 2.24) is 9.66 Å². The Morgan fingerprint density at radius 2 is 1.83 bits per heavy atom. The highest BCUT2D eigenvalue weighted by atomic mass is 79.9. The van der Waals surface area contributed by atoms with E-state index < -0.39 is 17.3 Å². The quantitative estimate of drug-likeness (QED) is 0.483. The topological polar surface area (TPSA) is 73.2 Å². The molecule has 0 saturated carbocycles. The number of benzene rings is 3. The normalized spacial score (nSPS) is 10.8. The number of fused-ring (bicyclic) bond motifs is 1. The number of carbonyl (C=O) groups excluding carboxylic acids is 1. The maximum Gasteiger partial charge on any atom is 0.280 e. The molecule has 0 atom stereocenters. The van der Waals surface area contributed by atoms with Gasteiger partial charge in [-0.05, 0) is 70.5 Å². The number of rotatable bonds is 4. The highest BCUT2D eigenvalue weighted by Crippen LogP contribution is 2.26. The number of amides is 1. The fourth-order valence-corrected chi connectivity index (χ4v) is 3.54. The summed E-state index contributed by atoms with van der Waals surface area (Å²) in [6.45, 7) is 0. The molecule has 0 unspecified atom stereocenters. The lowest BCUT2D eigenvalue weighted by atomic mass is 10.2. The van der Waals surface area contributed by atoms with Crippen LogP contribution in [0.1, 0.15) is 10.4 Å². The molecule has 8 heteroatoms. The van der Waals surface area contributed by atoms with Crippen molar-refractivity contribution in [2.45, 2.75) is 0 Å². The zero-order valence-electron chi connectivity index (χ0n) is 15.7. The van der Waals surface area contributed by atoms with Crippen molar-refractivity contribution in [3.8, 4) is 17.1 Å². The average molecular weight is 468 g/mol. The molecule has 0 spiro atoms. The Labute approximate surface area is 179 Å². The van der Waals surface area contributed by atoms with Gasteiger partial charge in [-0.15, -0.1) is 0 Å². The lowest BCUT2D eigenvalue weighted by Gasteiger charge is -2.15. The SMILES string of the molecule is COc1ccc(C(=O)Nn2c(-c3ccc(F)cc3)nc3ccccc3c2=O)cc1Br. The van der Waals surface area contributed by atoms with Gasteiger partial charge in [0.25, 0.3) is 11.5 Å². The zero-order chi connectivity index (χ0) is 21.3. The Morgan fingerprint density at radius 1 is 1.10 bits per heavy atom. The van der Waals surface area contributed by atoms with Crippen LogP contribution >= 0.6 is 15.9 Å². The molecule has 0 radical (unpaired) electrons. The van der Waals surface area contributed by atoms with Gasteiger partial charge in [-0.2, -0.15) is 4.68 Å². The monoisotopic (exact) mass is 467 g/mol. The number of para-hydroxylation sites is 1. The fourth-order valence-electron chi connectivity index (χ4n) is 3.00. The standard InChI is InChI=1S/C22H15BrFN3O3/c1-30-19-11-8-14(12-17(19)23)21(28)26-27-20(13-6-9-15(24)10-7-13)25-18-5-3-2-4-16(18)22(27)29/h2-12H,1H3,(H,26,28). The zero-order valence-corrected chi connectivity index (χ0v) is 17.3. The minimum atomic E-state index is -0.513. The summed E-state index contributed by atoms with van der Waals surface area (Å²) in [5.41, 5.74) is 3.44. The number of methoxy groups -OCH3 is 1. The number of carbonyl (C=O) groups is 1. The maximum absolute atomic E-state index is 13.4. The van der Waals surface area contributed by atoms with E-state index in [4.69, 9.17) is 4.74 Å². The molecule has 6 nitrogen and oxygen atoms in total. The molecule has 0 fully saturated rings. The molecule has 4 aromatic rings. The number of halogens is 2. The van der Waals surface area contributed by atoms with E-state index in [-0.39, 0.29) is 5.82 Å². The third-order valence-electron chi connectivity index (χ3n) is 4.51. The van der Waals surface area contributed by atoms with Gasteiger partial charge in [0.15, 0.2) is 5.82 Å². The molecule has 150 valence electrons. The molecular weight excluding hydrogens is 453 g/mol. The van der Waals surface area contributed by atoms with Gasteiger partial charge in [0.2, 0.25) is 0 Å². The summed E-state index contributed by atoms with van der Waals surface area (Å²) < 4.78 is 20.2. The van der Waals surface area contributed by atoms with Gasteiger partial charge < -0.3 is 4.74 Å². The van der Waals surface area contributed by atoms with Crippen molar-refractivity contribution in [3.05, 3.63) is 92.9 Å². The van der Waals surface area contributed by atoms with Crippen LogP contribution in [0.5, 0.6) is 5.75 Å². The van der Waals surface area contributed by atoms with Crippen LogP contribution in [0.2, 0.25) is 0 Å². The number of nitrogens with one attached hydrogen (secondary N) is 1. The van der Waals surface area contributed by atoms with E-state index in [9.17, 15) is 14.0 Å². The molecule has 0 saturated heterocycles. The Kier molecular flexibility index (Phi) is 5.33. The van der Waals surface area contributed by atoms with Gasteiger partial charge in [0.05, 0.1) is 22.5 Å². The number of hydrogen-bond donors (Lipinski definition) is 1. The summed E-state index contributed by atoms with van der Waals surface area (Å²) in [7, 11) is 1.52. The molecule has 0 aliphatic carbocycles. The summed E-state index contributed by atoms with van der Waals surface area (Å²) in [5.74, 6) is -0.163. The molecule has 30 heavy (non-hydrogen) atoms. The van der Waals surface area contributed by atoms with Gasteiger partial charge >= 0.3 is 0 Å². The highest BCUT2D eigenvalue weighted by Gasteiger charge is 2.17. The fraction of sp³-hybridized carbons (Fsp3) is 0.0455. The van der Waals surface area contributed by atoms with Gasteiger partial charge in [-0.3, -0.25) is 15.0 Å². The van der Waals surface area contributed by atoms with E-state index in [0.29, 0.717) is 32.3 Å². The first kappa shape index (κ1) is 19.8. The van der Waals surface area contributed by atoms with Crippen LogP contribution in [-0.2, 0) is 0 Å². The van der Waals surface area contributed by atoms with Crippen LogP contribution in [0.3, 0.4) is 0 Å². The second-order valence-electron chi connectivity index (χ2n) is 6.39. The Bertz CT molecular complexity index is 1320. The molecule has 1 aromatic heterocycles. The molecule has 1 heterocycles. The van der Waals surface area contributed by atoms with Gasteiger partial charge in [0, 0.05) is 11.1 Å². The molecular formula is C22H15BrFN3O3. The third-order valence-corrected chi connectivity index (χ3v) is 5.13. The molecule has 4 rings (SSSR count). The molecule has 0 aliphatic heterocycles. The van der Waals surface area contributed by atoms with Gasteiger partial charge in [-0.1, -0.05) is 12.1 Å². The van der Waals surface area contributed by atoms with E-state index in [1.165, 1.54) is 31.4 Å². The maximum atomic E-state index is 13.4. The Balaban J connectivity index is 1.84. The van der Waals surface area contributed by atoms with Crippen LogP contribution in [0.4, 0.5) is 4.39 Å². The second-order valence-corrected chi connectivity index (χ2v) is 7.24. The predicted octanol–water partition coefficient (Wildman–Crippen LogP) is 4.36. The van der Waals surface area contributed by atoms with Crippen LogP contribution in [0.25, 0.3) is 22.3 Å². The number of aromatic nitrogens is 2. The molecule has 0 aliphatic rings. The Hall–Kier alpha value is -3.52. The summed E-state index contributed by atoms with van der Waals surface area (Å²) >= 11 is 3.34. The smallest absolute Gasteiger partial charge is 0.280 e. The minimum absolute atomic E-state index is 0.194. The van der Waals surface area contributed by atoms with E-state index in [1.54, 1.807) is 42.5 Å². The lowest BCUT2D eigenvalue weighted by Crippen LogP contribution is -2.35. The number of ether oxygens (including phenoxy) is 1. The van der Waals surface area contributed by atoms with E-state index in [1.807, 2.05) is 0 Å². The first-order chi connectivity index (χ1) is 14.5. The molecule has 3 aromatic carbocycles. The summed E-state index contributed by atoms with van der Waals surface area (Å²) in [5, 5.41) is 0.347. The van der Waals surface area contributed by atoms with Gasteiger partial charge in [-0.25, -0.2) is 9.37 Å². The van der Waals surface area contributed by atoms with Crippen molar-refractivity contribution >= 4 is 32.7 Å². The summed E-state index contributed by atoms with van der Waals surface area (Å²) in [4.78, 5) is 30.5. The largest absolute Gasteiger partial charge is 0.496 e. The van der Waals surface area contributed by atoms with Crippen LogP contribution in [-0.4, -0.2) is 22.7 Å². The van der Waals surface area contributed by atoms with Crippen molar-refractivity contribution in [3.63, 3.8) is 0 Å². The first-order valence-electron chi connectivity index (χ1n) is 8.90. The first-order valence-corrected chi connectivity index (χ1v) is 9.70. The van der Waals surface area contributed by atoms with Crippen LogP contribution < -0.4 is 15.7 Å². The summed E-state index contributed by atoms with van der Waals surface area (Å²) in [6, 6.07) is 17.2. The lowest BCUT2D eigenvalue weighted by molar-refractivity contribution is 0.101. The van der Waals surface area contributed by atoms with E-state index >= 15 is 0 Å². The Morgan fingerprint density at radius 3 is 2.53 bits per heavy atom. The van der Waals surface area contributed by atoms with Crippen LogP contribution in [0.15, 0.2) is 76.0 Å². The summed E-state index contributed by atoms with van der Waals surface area (Å²) in [6.07, 6.45) is 0. The minimum Gasteiger partial charge on any atom is -0.496 e. The molecule has 0 bridgehead atoms. The van der Waals surface area contributed by atoms with E-state index in [2.05, 4.69) is 26.3 Å². The van der Waals surface area contributed by atoms with E-state index in [0.717, 1.165) is 4.68 Å². The van der Waals surface area contributed by atoms with Crippen molar-refractivity contribution < 1.29 is 13.9 Å². The van der Waals surface area contributed by atoms with Crippen LogP contribution in [0, 0.1) is 5.82 Å².